The predicted molar refractivity (Wildman–Crippen MR) is 104 cm³/mol. The fourth-order valence-electron chi connectivity index (χ4n) is 4.13. The van der Waals surface area contributed by atoms with Crippen LogP contribution in [0.3, 0.4) is 0 Å². The molecule has 8 heteroatoms. The number of carbonyl (C=O) groups is 1. The van der Waals surface area contributed by atoms with Crippen LogP contribution in [-0.4, -0.2) is 45.0 Å². The van der Waals surface area contributed by atoms with Crippen LogP contribution in [0.2, 0.25) is 5.02 Å². The van der Waals surface area contributed by atoms with Gasteiger partial charge in [0.2, 0.25) is 0 Å². The van der Waals surface area contributed by atoms with Gasteiger partial charge in [-0.1, -0.05) is 29.7 Å². The number of pyridine rings is 1. The second-order valence-corrected chi connectivity index (χ2v) is 7.97. The van der Waals surface area contributed by atoms with E-state index in [2.05, 4.69) is 25.5 Å². The molecule has 1 amide bonds. The Bertz CT molecular complexity index is 775. The van der Waals surface area contributed by atoms with Crippen molar-refractivity contribution in [3.05, 3.63) is 35.2 Å². The number of aromatic nitrogens is 4. The highest BCUT2D eigenvalue weighted by Gasteiger charge is 2.24. The Balaban J connectivity index is 1.41. The second kappa shape index (κ2) is 8.25. The lowest BCUT2D eigenvalue weighted by Gasteiger charge is -2.34. The van der Waals surface area contributed by atoms with Crippen LogP contribution in [0.4, 0.5) is 5.82 Å². The first kappa shape index (κ1) is 18.2. The fourth-order valence-corrected chi connectivity index (χ4v) is 4.41. The van der Waals surface area contributed by atoms with E-state index in [0.717, 1.165) is 51.1 Å². The summed E-state index contributed by atoms with van der Waals surface area (Å²) in [6.07, 6.45) is 12.0. The molecule has 0 aromatic carbocycles. The fraction of sp³-hybridized carbons (Fsp3) is 0.579. The Labute approximate surface area is 164 Å². The Morgan fingerprint density at radius 3 is 2.85 bits per heavy atom. The summed E-state index contributed by atoms with van der Waals surface area (Å²) in [5.74, 6) is 1.16. The molecule has 1 N–H and O–H groups in total. The first-order valence-electron chi connectivity index (χ1n) is 9.74. The largest absolute Gasteiger partial charge is 0.355 e. The van der Waals surface area contributed by atoms with Gasteiger partial charge in [-0.3, -0.25) is 9.48 Å². The summed E-state index contributed by atoms with van der Waals surface area (Å²) in [5.41, 5.74) is 0.534. The molecule has 4 rings (SSSR count). The van der Waals surface area contributed by atoms with Crippen LogP contribution in [0.5, 0.6) is 0 Å². The molecular formula is C19H25ClN6O. The van der Waals surface area contributed by atoms with Gasteiger partial charge in [-0.2, -0.15) is 0 Å². The Morgan fingerprint density at radius 1 is 1.26 bits per heavy atom. The third kappa shape index (κ3) is 4.40. The van der Waals surface area contributed by atoms with E-state index in [-0.39, 0.29) is 11.9 Å². The van der Waals surface area contributed by atoms with Crippen LogP contribution in [0, 0.1) is 5.92 Å². The van der Waals surface area contributed by atoms with Crippen molar-refractivity contribution in [3.63, 3.8) is 0 Å². The second-order valence-electron chi connectivity index (χ2n) is 7.56. The molecule has 0 radical (unpaired) electrons. The summed E-state index contributed by atoms with van der Waals surface area (Å²) in [7, 11) is 0. The van der Waals surface area contributed by atoms with Gasteiger partial charge in [-0.05, 0) is 37.7 Å². The topological polar surface area (TPSA) is 75.9 Å². The summed E-state index contributed by atoms with van der Waals surface area (Å²) in [6.45, 7) is 2.64. The van der Waals surface area contributed by atoms with Crippen LogP contribution >= 0.6 is 11.6 Å². The van der Waals surface area contributed by atoms with Gasteiger partial charge in [-0.25, -0.2) is 4.98 Å². The molecule has 2 aromatic heterocycles. The average molecular weight is 389 g/mol. The van der Waals surface area contributed by atoms with Gasteiger partial charge in [0.15, 0.2) is 0 Å². The van der Waals surface area contributed by atoms with Crippen LogP contribution in [-0.2, 0) is 6.54 Å². The SMILES string of the molecule is O=C(NC1CCCC1)c1cnc(N2CCCC(Cn3ccnn3)C2)c(Cl)c1. The van der Waals surface area contributed by atoms with Crippen molar-refractivity contribution in [2.24, 2.45) is 5.92 Å². The molecule has 0 spiro atoms. The van der Waals surface area contributed by atoms with E-state index in [1.165, 1.54) is 12.8 Å². The molecule has 1 aliphatic carbocycles. The van der Waals surface area contributed by atoms with Crippen LogP contribution in [0.1, 0.15) is 48.9 Å². The quantitative estimate of drug-likeness (QED) is 0.852. The van der Waals surface area contributed by atoms with E-state index < -0.39 is 0 Å². The maximum atomic E-state index is 12.4. The normalized spacial score (nSPS) is 20.8. The van der Waals surface area contributed by atoms with Gasteiger partial charge in [0.25, 0.3) is 5.91 Å². The molecule has 1 atom stereocenters. The van der Waals surface area contributed by atoms with Gasteiger partial charge in [0.05, 0.1) is 16.8 Å². The predicted octanol–water partition coefficient (Wildman–Crippen LogP) is 2.92. The molecule has 3 heterocycles. The lowest BCUT2D eigenvalue weighted by atomic mass is 9.98. The highest BCUT2D eigenvalue weighted by Crippen LogP contribution is 2.29. The summed E-state index contributed by atoms with van der Waals surface area (Å²) in [4.78, 5) is 19.2. The number of carbonyl (C=O) groups excluding carboxylic acids is 1. The van der Waals surface area contributed by atoms with Crippen molar-refractivity contribution in [3.8, 4) is 0 Å². The molecule has 1 aliphatic heterocycles. The zero-order valence-electron chi connectivity index (χ0n) is 15.4. The third-order valence-corrected chi connectivity index (χ3v) is 5.79. The van der Waals surface area contributed by atoms with Gasteiger partial charge in [-0.15, -0.1) is 5.10 Å². The summed E-state index contributed by atoms with van der Waals surface area (Å²) in [5, 5.41) is 11.6. The van der Waals surface area contributed by atoms with Crippen molar-refractivity contribution in [1.29, 1.82) is 0 Å². The van der Waals surface area contributed by atoms with Crippen LogP contribution < -0.4 is 10.2 Å². The summed E-state index contributed by atoms with van der Waals surface area (Å²) in [6, 6.07) is 2.03. The number of nitrogens with zero attached hydrogens (tertiary/aromatic N) is 5. The molecular weight excluding hydrogens is 364 g/mol. The first-order chi connectivity index (χ1) is 13.2. The molecule has 2 aromatic rings. The molecule has 0 bridgehead atoms. The monoisotopic (exact) mass is 388 g/mol. The smallest absolute Gasteiger partial charge is 0.253 e. The number of nitrogens with one attached hydrogen (secondary N) is 1. The zero-order valence-corrected chi connectivity index (χ0v) is 16.1. The number of amides is 1. The minimum atomic E-state index is -0.0782. The first-order valence-corrected chi connectivity index (χ1v) is 10.1. The standard InChI is InChI=1S/C19H25ClN6O/c20-17-10-15(19(27)23-16-5-1-2-6-16)11-21-18(17)25-8-3-4-14(12-25)13-26-9-7-22-24-26/h7,9-11,14,16H,1-6,8,12-13H2,(H,23,27). The molecule has 2 aliphatic rings. The number of halogens is 1. The Kier molecular flexibility index (Phi) is 5.57. The van der Waals surface area contributed by atoms with E-state index >= 15 is 0 Å². The number of hydrogen-bond acceptors (Lipinski definition) is 5. The lowest BCUT2D eigenvalue weighted by Crippen LogP contribution is -2.38. The van der Waals surface area contributed by atoms with E-state index in [0.29, 0.717) is 16.5 Å². The molecule has 144 valence electrons. The van der Waals surface area contributed by atoms with Crippen LogP contribution in [0.15, 0.2) is 24.7 Å². The lowest BCUT2D eigenvalue weighted by molar-refractivity contribution is 0.0937. The highest BCUT2D eigenvalue weighted by molar-refractivity contribution is 6.33. The number of anilines is 1. The Hall–Kier alpha value is -2.15. The zero-order chi connectivity index (χ0) is 18.6. The molecule has 27 heavy (non-hydrogen) atoms. The molecule has 1 saturated heterocycles. The van der Waals surface area contributed by atoms with Crippen molar-refractivity contribution in [1.82, 2.24) is 25.3 Å². The maximum absolute atomic E-state index is 12.4. The van der Waals surface area contributed by atoms with E-state index in [1.54, 1.807) is 18.5 Å². The summed E-state index contributed by atoms with van der Waals surface area (Å²) >= 11 is 6.50. The van der Waals surface area contributed by atoms with Crippen molar-refractivity contribution in [2.75, 3.05) is 18.0 Å². The van der Waals surface area contributed by atoms with E-state index in [9.17, 15) is 4.79 Å². The van der Waals surface area contributed by atoms with Crippen molar-refractivity contribution in [2.45, 2.75) is 51.1 Å². The minimum Gasteiger partial charge on any atom is -0.355 e. The van der Waals surface area contributed by atoms with Gasteiger partial charge in [0.1, 0.15) is 5.82 Å². The molecule has 1 saturated carbocycles. The number of piperidine rings is 1. The average Bonchev–Trinajstić information content (AvgIpc) is 3.36. The minimum absolute atomic E-state index is 0.0782. The molecule has 2 fully saturated rings. The van der Waals surface area contributed by atoms with Gasteiger partial charge < -0.3 is 10.2 Å². The number of hydrogen-bond donors (Lipinski definition) is 1. The van der Waals surface area contributed by atoms with Gasteiger partial charge >= 0.3 is 0 Å². The summed E-state index contributed by atoms with van der Waals surface area (Å²) < 4.78 is 1.87. The van der Waals surface area contributed by atoms with Crippen LogP contribution in [0.25, 0.3) is 0 Å². The third-order valence-electron chi connectivity index (χ3n) is 5.51. The van der Waals surface area contributed by atoms with Crippen molar-refractivity contribution >= 4 is 23.3 Å². The van der Waals surface area contributed by atoms with Crippen molar-refractivity contribution < 1.29 is 4.79 Å². The molecule has 1 unspecified atom stereocenters. The van der Waals surface area contributed by atoms with E-state index in [1.807, 2.05) is 10.9 Å². The van der Waals surface area contributed by atoms with E-state index in [4.69, 9.17) is 11.6 Å². The number of rotatable bonds is 5. The maximum Gasteiger partial charge on any atom is 0.253 e. The highest BCUT2D eigenvalue weighted by atomic mass is 35.5. The molecule has 7 nitrogen and oxygen atoms in total. The van der Waals surface area contributed by atoms with Gasteiger partial charge in [0, 0.05) is 38.1 Å². The Morgan fingerprint density at radius 2 is 2.11 bits per heavy atom.